The van der Waals surface area contributed by atoms with E-state index in [1.54, 1.807) is 12.1 Å². The van der Waals surface area contributed by atoms with Crippen LogP contribution in [0.1, 0.15) is 26.3 Å². The van der Waals surface area contributed by atoms with Gasteiger partial charge in [0.15, 0.2) is 0 Å². The fourth-order valence-corrected chi connectivity index (χ4v) is 2.40. The fourth-order valence-electron chi connectivity index (χ4n) is 2.40. The molecule has 0 aliphatic carbocycles. The summed E-state index contributed by atoms with van der Waals surface area (Å²) in [6.45, 7) is 8.65. The van der Waals surface area contributed by atoms with Crippen LogP contribution in [0, 0.1) is 5.82 Å². The van der Waals surface area contributed by atoms with Gasteiger partial charge in [-0.25, -0.2) is 4.39 Å². The Bertz CT molecular complexity index is 516. The minimum absolute atomic E-state index is 0.167. The first-order chi connectivity index (χ1) is 8.61. The SMILES string of the molecule is CCN(CCc1c[nH]c2ccc(F)cc12)C(C)C. The van der Waals surface area contributed by atoms with Gasteiger partial charge in [-0.15, -0.1) is 0 Å². The Labute approximate surface area is 108 Å². The van der Waals surface area contributed by atoms with Gasteiger partial charge in [0.25, 0.3) is 0 Å². The van der Waals surface area contributed by atoms with Crippen molar-refractivity contribution in [2.75, 3.05) is 13.1 Å². The van der Waals surface area contributed by atoms with Gasteiger partial charge in [0, 0.05) is 29.7 Å². The molecule has 0 bridgehead atoms. The monoisotopic (exact) mass is 248 g/mol. The molecule has 0 spiro atoms. The van der Waals surface area contributed by atoms with E-state index in [4.69, 9.17) is 0 Å². The molecule has 0 fully saturated rings. The van der Waals surface area contributed by atoms with Crippen molar-refractivity contribution in [1.29, 1.82) is 0 Å². The van der Waals surface area contributed by atoms with Crippen molar-refractivity contribution in [2.24, 2.45) is 0 Å². The summed E-state index contributed by atoms with van der Waals surface area (Å²) in [5, 5.41) is 1.01. The molecule has 0 radical (unpaired) electrons. The van der Waals surface area contributed by atoms with E-state index in [0.717, 1.165) is 30.4 Å². The zero-order chi connectivity index (χ0) is 13.1. The summed E-state index contributed by atoms with van der Waals surface area (Å²) in [5.74, 6) is -0.167. The van der Waals surface area contributed by atoms with Gasteiger partial charge in [-0.1, -0.05) is 6.92 Å². The van der Waals surface area contributed by atoms with Crippen LogP contribution in [-0.4, -0.2) is 29.0 Å². The number of aromatic amines is 1. The normalized spacial score (nSPS) is 11.9. The van der Waals surface area contributed by atoms with Crippen LogP contribution >= 0.6 is 0 Å². The van der Waals surface area contributed by atoms with Gasteiger partial charge >= 0.3 is 0 Å². The first kappa shape index (κ1) is 13.1. The molecule has 18 heavy (non-hydrogen) atoms. The van der Waals surface area contributed by atoms with Crippen molar-refractivity contribution >= 4 is 10.9 Å². The average molecular weight is 248 g/mol. The maximum Gasteiger partial charge on any atom is 0.123 e. The van der Waals surface area contributed by atoms with Gasteiger partial charge in [0.1, 0.15) is 5.82 Å². The molecule has 0 unspecified atom stereocenters. The lowest BCUT2D eigenvalue weighted by atomic mass is 10.1. The zero-order valence-electron chi connectivity index (χ0n) is 11.3. The highest BCUT2D eigenvalue weighted by atomic mass is 19.1. The van der Waals surface area contributed by atoms with Gasteiger partial charge in [-0.3, -0.25) is 0 Å². The van der Waals surface area contributed by atoms with E-state index in [1.807, 2.05) is 6.20 Å². The van der Waals surface area contributed by atoms with E-state index in [9.17, 15) is 4.39 Å². The van der Waals surface area contributed by atoms with Gasteiger partial charge < -0.3 is 9.88 Å². The molecule has 98 valence electrons. The minimum atomic E-state index is -0.167. The number of halogens is 1. The van der Waals surface area contributed by atoms with Crippen molar-refractivity contribution in [1.82, 2.24) is 9.88 Å². The van der Waals surface area contributed by atoms with Crippen LogP contribution in [-0.2, 0) is 6.42 Å². The van der Waals surface area contributed by atoms with Crippen molar-refractivity contribution in [2.45, 2.75) is 33.2 Å². The van der Waals surface area contributed by atoms with E-state index in [0.29, 0.717) is 6.04 Å². The Kier molecular flexibility index (Phi) is 4.02. The predicted octanol–water partition coefficient (Wildman–Crippen LogP) is 3.58. The van der Waals surface area contributed by atoms with Crippen molar-refractivity contribution in [3.05, 3.63) is 35.8 Å². The molecule has 1 N–H and O–H groups in total. The molecule has 2 nitrogen and oxygen atoms in total. The first-order valence-electron chi connectivity index (χ1n) is 6.61. The number of fused-ring (bicyclic) bond motifs is 1. The molecule has 0 atom stereocenters. The predicted molar refractivity (Wildman–Crippen MR) is 74.3 cm³/mol. The molecule has 2 aromatic rings. The number of nitrogens with one attached hydrogen (secondary N) is 1. The van der Waals surface area contributed by atoms with E-state index in [1.165, 1.54) is 11.6 Å². The van der Waals surface area contributed by atoms with Crippen LogP contribution in [0.15, 0.2) is 24.4 Å². The molecule has 0 saturated heterocycles. The molecule has 0 saturated carbocycles. The van der Waals surface area contributed by atoms with Crippen LogP contribution in [0.4, 0.5) is 4.39 Å². The van der Waals surface area contributed by atoms with Gasteiger partial charge in [0.2, 0.25) is 0 Å². The first-order valence-corrected chi connectivity index (χ1v) is 6.61. The standard InChI is InChI=1S/C15H21FN2/c1-4-18(11(2)3)8-7-12-10-17-15-6-5-13(16)9-14(12)15/h5-6,9-11,17H,4,7-8H2,1-3H3. The second-order valence-electron chi connectivity index (χ2n) is 4.98. The van der Waals surface area contributed by atoms with E-state index < -0.39 is 0 Å². The molecule has 3 heteroatoms. The molecular weight excluding hydrogens is 227 g/mol. The van der Waals surface area contributed by atoms with Crippen LogP contribution in [0.2, 0.25) is 0 Å². The smallest absolute Gasteiger partial charge is 0.123 e. The third-order valence-corrected chi connectivity index (χ3v) is 3.53. The highest BCUT2D eigenvalue weighted by molar-refractivity contribution is 5.83. The number of aromatic nitrogens is 1. The highest BCUT2D eigenvalue weighted by Crippen LogP contribution is 2.20. The summed E-state index contributed by atoms with van der Waals surface area (Å²) in [4.78, 5) is 5.62. The summed E-state index contributed by atoms with van der Waals surface area (Å²) < 4.78 is 13.3. The summed E-state index contributed by atoms with van der Waals surface area (Å²) >= 11 is 0. The zero-order valence-corrected chi connectivity index (χ0v) is 11.3. The lowest BCUT2D eigenvalue weighted by molar-refractivity contribution is 0.237. The lowest BCUT2D eigenvalue weighted by Crippen LogP contribution is -2.32. The average Bonchev–Trinajstić information content (AvgIpc) is 2.72. The number of likely N-dealkylation sites (N-methyl/N-ethyl adjacent to an activating group) is 1. The number of hydrogen-bond donors (Lipinski definition) is 1. The second-order valence-corrected chi connectivity index (χ2v) is 4.98. The molecular formula is C15H21FN2. The van der Waals surface area contributed by atoms with Crippen LogP contribution in [0.3, 0.4) is 0 Å². The molecule has 0 amide bonds. The number of H-pyrrole nitrogens is 1. The molecule has 1 aromatic carbocycles. The van der Waals surface area contributed by atoms with E-state index >= 15 is 0 Å². The van der Waals surface area contributed by atoms with Crippen molar-refractivity contribution < 1.29 is 4.39 Å². The molecule has 1 aromatic heterocycles. The molecule has 0 aliphatic rings. The summed E-state index contributed by atoms with van der Waals surface area (Å²) in [5.41, 5.74) is 2.21. The number of nitrogens with zero attached hydrogens (tertiary/aromatic N) is 1. The van der Waals surface area contributed by atoms with Gasteiger partial charge in [-0.05, 0) is 50.6 Å². The third-order valence-electron chi connectivity index (χ3n) is 3.53. The maximum absolute atomic E-state index is 13.3. The second kappa shape index (κ2) is 5.53. The highest BCUT2D eigenvalue weighted by Gasteiger charge is 2.09. The summed E-state index contributed by atoms with van der Waals surface area (Å²) in [6.07, 6.45) is 2.95. The van der Waals surface area contributed by atoms with Crippen LogP contribution in [0.25, 0.3) is 10.9 Å². The Morgan fingerprint density at radius 2 is 2.11 bits per heavy atom. The number of benzene rings is 1. The van der Waals surface area contributed by atoms with Gasteiger partial charge in [-0.2, -0.15) is 0 Å². The largest absolute Gasteiger partial charge is 0.361 e. The van der Waals surface area contributed by atoms with E-state index in [-0.39, 0.29) is 5.82 Å². The Balaban J connectivity index is 2.14. The Morgan fingerprint density at radius 1 is 1.33 bits per heavy atom. The van der Waals surface area contributed by atoms with E-state index in [2.05, 4.69) is 30.7 Å². The minimum Gasteiger partial charge on any atom is -0.361 e. The molecule has 0 aliphatic heterocycles. The lowest BCUT2D eigenvalue weighted by Gasteiger charge is -2.24. The number of hydrogen-bond acceptors (Lipinski definition) is 1. The molecule has 2 rings (SSSR count). The maximum atomic E-state index is 13.3. The third kappa shape index (κ3) is 2.72. The Hall–Kier alpha value is -1.35. The summed E-state index contributed by atoms with van der Waals surface area (Å²) in [7, 11) is 0. The fraction of sp³-hybridized carbons (Fsp3) is 0.467. The van der Waals surface area contributed by atoms with Crippen LogP contribution < -0.4 is 0 Å². The summed E-state index contributed by atoms with van der Waals surface area (Å²) in [6, 6.07) is 5.47. The topological polar surface area (TPSA) is 19.0 Å². The van der Waals surface area contributed by atoms with Crippen LogP contribution in [0.5, 0.6) is 0 Å². The number of rotatable bonds is 5. The van der Waals surface area contributed by atoms with Crippen molar-refractivity contribution in [3.63, 3.8) is 0 Å². The van der Waals surface area contributed by atoms with Gasteiger partial charge in [0.05, 0.1) is 0 Å². The Morgan fingerprint density at radius 3 is 2.78 bits per heavy atom. The van der Waals surface area contributed by atoms with Crippen molar-refractivity contribution in [3.8, 4) is 0 Å². The molecule has 1 heterocycles. The quantitative estimate of drug-likeness (QED) is 0.857.